The largest absolute Gasteiger partial charge is 0.356 e. The van der Waals surface area contributed by atoms with Crippen LogP contribution in [0.5, 0.6) is 0 Å². The smallest absolute Gasteiger partial charge is 0.309 e. The molecule has 4 aliphatic carbocycles. The SMILES string of the molecule is COP(=O)(OC)C1=C[C@@H]2CCC3C4CCC(C(=O)Cl)[C@@]4(C)CCC3[C@@]2(C)CC1. The van der Waals surface area contributed by atoms with Gasteiger partial charge in [-0.2, -0.15) is 0 Å². The molecule has 0 aromatic carbocycles. The van der Waals surface area contributed by atoms with E-state index in [1.165, 1.54) is 27.1 Å². The molecule has 4 aliphatic rings. The molecular weight excluding hydrogens is 395 g/mol. The molecule has 4 rings (SSSR count). The van der Waals surface area contributed by atoms with E-state index in [1.807, 2.05) is 0 Å². The molecule has 0 aromatic rings. The molecule has 7 atom stereocenters. The normalized spacial score (nSPS) is 45.6. The second kappa shape index (κ2) is 7.22. The second-order valence-corrected chi connectivity index (χ2v) is 12.7. The van der Waals surface area contributed by atoms with Crippen LogP contribution in [0.4, 0.5) is 0 Å². The van der Waals surface area contributed by atoms with Gasteiger partial charge in [-0.05, 0) is 97.5 Å². The van der Waals surface area contributed by atoms with E-state index in [9.17, 15) is 9.36 Å². The number of hydrogen-bond donors (Lipinski definition) is 0. The topological polar surface area (TPSA) is 52.6 Å². The van der Waals surface area contributed by atoms with Crippen LogP contribution >= 0.6 is 19.2 Å². The summed E-state index contributed by atoms with van der Waals surface area (Å²) in [6.07, 6.45) is 10.8. The summed E-state index contributed by atoms with van der Waals surface area (Å²) < 4.78 is 23.4. The second-order valence-electron chi connectivity index (χ2n) is 10.1. The van der Waals surface area contributed by atoms with Gasteiger partial charge in [0.05, 0.1) is 0 Å². The minimum absolute atomic E-state index is 0.0396. The minimum atomic E-state index is -3.13. The Labute approximate surface area is 174 Å². The molecule has 28 heavy (non-hydrogen) atoms. The van der Waals surface area contributed by atoms with Gasteiger partial charge < -0.3 is 9.05 Å². The van der Waals surface area contributed by atoms with E-state index < -0.39 is 7.60 Å². The molecule has 158 valence electrons. The zero-order valence-corrected chi connectivity index (χ0v) is 19.2. The average molecular weight is 429 g/mol. The number of hydrogen-bond acceptors (Lipinski definition) is 4. The number of carbonyl (C=O) groups is 1. The molecular formula is C22H34ClO4P. The first-order valence-corrected chi connectivity index (χ1v) is 12.7. The Morgan fingerprint density at radius 2 is 1.71 bits per heavy atom. The molecule has 4 unspecified atom stereocenters. The lowest BCUT2D eigenvalue weighted by Gasteiger charge is -2.59. The molecule has 3 fully saturated rings. The van der Waals surface area contributed by atoms with Crippen molar-refractivity contribution in [3.63, 3.8) is 0 Å². The van der Waals surface area contributed by atoms with Crippen molar-refractivity contribution in [1.82, 2.24) is 0 Å². The van der Waals surface area contributed by atoms with Crippen molar-refractivity contribution in [2.45, 2.75) is 65.2 Å². The third kappa shape index (κ3) is 2.93. The van der Waals surface area contributed by atoms with Gasteiger partial charge in [0.25, 0.3) is 0 Å². The molecule has 4 nitrogen and oxygen atoms in total. The van der Waals surface area contributed by atoms with Crippen molar-refractivity contribution in [3.8, 4) is 0 Å². The lowest BCUT2D eigenvalue weighted by Crippen LogP contribution is -2.52. The molecule has 0 heterocycles. The summed E-state index contributed by atoms with van der Waals surface area (Å²) >= 11 is 6.00. The molecule has 0 N–H and O–H groups in total. The van der Waals surface area contributed by atoms with Crippen LogP contribution in [0.3, 0.4) is 0 Å². The van der Waals surface area contributed by atoms with E-state index in [-0.39, 0.29) is 22.0 Å². The van der Waals surface area contributed by atoms with Gasteiger partial charge in [0, 0.05) is 25.5 Å². The maximum absolute atomic E-state index is 12.9. The van der Waals surface area contributed by atoms with Crippen molar-refractivity contribution >= 4 is 24.4 Å². The highest BCUT2D eigenvalue weighted by Gasteiger charge is 2.60. The summed E-state index contributed by atoms with van der Waals surface area (Å²) in [4.78, 5) is 12.1. The number of allylic oxidation sites excluding steroid dienone is 2. The monoisotopic (exact) mass is 428 g/mol. The fraction of sp³-hybridized carbons (Fsp3) is 0.864. The summed E-state index contributed by atoms with van der Waals surface area (Å²) in [6, 6.07) is 0. The van der Waals surface area contributed by atoms with Gasteiger partial charge >= 0.3 is 7.60 Å². The van der Waals surface area contributed by atoms with Crippen molar-refractivity contribution in [2.75, 3.05) is 14.2 Å². The van der Waals surface area contributed by atoms with Crippen LogP contribution in [0, 0.1) is 40.4 Å². The van der Waals surface area contributed by atoms with Crippen LogP contribution in [-0.4, -0.2) is 19.5 Å². The Kier molecular flexibility index (Phi) is 5.44. The van der Waals surface area contributed by atoms with Crippen LogP contribution in [0.15, 0.2) is 11.4 Å². The first kappa shape index (κ1) is 21.1. The number of carbonyl (C=O) groups excluding carboxylic acids is 1. The predicted octanol–water partition coefficient (Wildman–Crippen LogP) is 6.39. The van der Waals surface area contributed by atoms with E-state index in [0.717, 1.165) is 43.8 Å². The van der Waals surface area contributed by atoms with Crippen molar-refractivity contribution in [3.05, 3.63) is 11.4 Å². The van der Waals surface area contributed by atoms with E-state index in [1.54, 1.807) is 0 Å². The summed E-state index contributed by atoms with van der Waals surface area (Å²) in [5.41, 5.74) is 0.323. The third-order valence-electron chi connectivity index (χ3n) is 9.36. The summed E-state index contributed by atoms with van der Waals surface area (Å²) in [6.45, 7) is 4.78. The number of halogens is 1. The standard InChI is InChI=1S/C22H34ClO4P/c1-21-11-9-15(28(25,26-3)27-4)13-14(21)5-6-16-17-7-8-19(20(23)24)22(17,2)12-10-18(16)21/h13-14,16-19H,5-12H2,1-4H3/t14-,16?,17?,18?,19?,21-,22-/m0/s1. The quantitative estimate of drug-likeness (QED) is 0.384. The number of rotatable bonds is 4. The lowest BCUT2D eigenvalue weighted by molar-refractivity contribution is -0.125. The lowest BCUT2D eigenvalue weighted by atomic mass is 9.45. The zero-order chi connectivity index (χ0) is 20.3. The summed E-state index contributed by atoms with van der Waals surface area (Å²) in [5.74, 6) is 2.46. The Morgan fingerprint density at radius 3 is 2.36 bits per heavy atom. The van der Waals surface area contributed by atoms with Gasteiger partial charge in [-0.3, -0.25) is 9.36 Å². The molecule has 0 spiro atoms. The van der Waals surface area contributed by atoms with Gasteiger partial charge in [0.1, 0.15) is 0 Å². The molecule has 0 aliphatic heterocycles. The first-order chi connectivity index (χ1) is 13.2. The van der Waals surface area contributed by atoms with E-state index in [2.05, 4.69) is 19.9 Å². The molecule has 3 saturated carbocycles. The van der Waals surface area contributed by atoms with Crippen LogP contribution in [-0.2, 0) is 18.4 Å². The van der Waals surface area contributed by atoms with Gasteiger partial charge in [-0.1, -0.05) is 19.9 Å². The average Bonchev–Trinajstić information content (AvgIpc) is 3.04. The molecule has 0 amide bonds. The van der Waals surface area contributed by atoms with E-state index in [4.69, 9.17) is 20.6 Å². The van der Waals surface area contributed by atoms with Gasteiger partial charge in [0.15, 0.2) is 0 Å². The highest BCUT2D eigenvalue weighted by Crippen LogP contribution is 2.69. The molecule has 6 heteroatoms. The highest BCUT2D eigenvalue weighted by molar-refractivity contribution is 7.58. The number of fused-ring (bicyclic) bond motifs is 5. The Balaban J connectivity index is 1.61. The fourth-order valence-electron chi connectivity index (χ4n) is 7.75. The van der Waals surface area contributed by atoms with Crippen molar-refractivity contribution < 1.29 is 18.4 Å². The van der Waals surface area contributed by atoms with Crippen LogP contribution in [0.2, 0.25) is 0 Å². The van der Waals surface area contributed by atoms with Gasteiger partial charge in [0.2, 0.25) is 5.24 Å². The van der Waals surface area contributed by atoms with Crippen LogP contribution in [0.25, 0.3) is 0 Å². The highest BCUT2D eigenvalue weighted by atomic mass is 35.5. The Bertz CT molecular complexity index is 728. The maximum atomic E-state index is 12.9. The zero-order valence-electron chi connectivity index (χ0n) is 17.6. The summed E-state index contributed by atoms with van der Waals surface area (Å²) in [5, 5.41) is 0.746. The molecule has 0 radical (unpaired) electrons. The van der Waals surface area contributed by atoms with Crippen LogP contribution in [0.1, 0.15) is 65.2 Å². The third-order valence-corrected chi connectivity index (χ3v) is 11.7. The first-order valence-electron chi connectivity index (χ1n) is 10.8. The van der Waals surface area contributed by atoms with E-state index in [0.29, 0.717) is 23.7 Å². The molecule has 0 saturated heterocycles. The Morgan fingerprint density at radius 1 is 1.04 bits per heavy atom. The van der Waals surface area contributed by atoms with Crippen LogP contribution < -0.4 is 0 Å². The van der Waals surface area contributed by atoms with Crippen molar-refractivity contribution in [1.29, 1.82) is 0 Å². The van der Waals surface area contributed by atoms with E-state index >= 15 is 0 Å². The fourth-order valence-corrected chi connectivity index (χ4v) is 9.48. The van der Waals surface area contributed by atoms with Gasteiger partial charge in [-0.15, -0.1) is 0 Å². The van der Waals surface area contributed by atoms with Crippen molar-refractivity contribution in [2.24, 2.45) is 40.4 Å². The molecule has 0 bridgehead atoms. The minimum Gasteiger partial charge on any atom is -0.309 e. The maximum Gasteiger partial charge on any atom is 0.356 e. The molecule has 0 aromatic heterocycles. The predicted molar refractivity (Wildman–Crippen MR) is 111 cm³/mol. The van der Waals surface area contributed by atoms with Gasteiger partial charge in [-0.25, -0.2) is 0 Å². The summed E-state index contributed by atoms with van der Waals surface area (Å²) in [7, 11) is -0.168. The Hall–Kier alpha value is -0.150.